The van der Waals surface area contributed by atoms with Crippen LogP contribution in [0.1, 0.15) is 41.5 Å². The summed E-state index contributed by atoms with van der Waals surface area (Å²) in [6.45, 7) is 21.8. The standard InChI is InChI=1S/C30H36O6Si2/c1-29(2,3)37(7,8)35-17-11-13-19-21(15-17)33-27(31)25-23(19)24-20-14-12-18(36-38(9,10)30(4,5)6)16-22(20)34-28(32)26(24)25/h11-16H,1-10H3. The van der Waals surface area contributed by atoms with Crippen LogP contribution in [0.2, 0.25) is 36.3 Å². The van der Waals surface area contributed by atoms with Gasteiger partial charge in [0.15, 0.2) is 0 Å². The summed E-state index contributed by atoms with van der Waals surface area (Å²) in [5.74, 6) is 1.35. The summed E-state index contributed by atoms with van der Waals surface area (Å²) < 4.78 is 24.2. The molecular weight excluding hydrogens is 512 g/mol. The Morgan fingerprint density at radius 1 is 0.579 bits per heavy atom. The van der Waals surface area contributed by atoms with Crippen molar-refractivity contribution in [2.24, 2.45) is 0 Å². The van der Waals surface area contributed by atoms with Gasteiger partial charge in [0, 0.05) is 33.3 Å². The summed E-state index contributed by atoms with van der Waals surface area (Å²) in [6, 6.07) is 11.2. The molecule has 0 saturated carbocycles. The van der Waals surface area contributed by atoms with Crippen LogP contribution in [0.4, 0.5) is 0 Å². The minimum absolute atomic E-state index is 0.0300. The van der Waals surface area contributed by atoms with Crippen molar-refractivity contribution in [3.63, 3.8) is 0 Å². The van der Waals surface area contributed by atoms with E-state index in [2.05, 4.69) is 67.7 Å². The van der Waals surface area contributed by atoms with Gasteiger partial charge in [0.25, 0.3) is 0 Å². The van der Waals surface area contributed by atoms with E-state index in [9.17, 15) is 9.59 Å². The minimum Gasteiger partial charge on any atom is -0.543 e. The molecular formula is C30H36O6Si2. The summed E-state index contributed by atoms with van der Waals surface area (Å²) in [6.07, 6.45) is 0. The van der Waals surface area contributed by atoms with Crippen molar-refractivity contribution in [3.05, 3.63) is 78.1 Å². The van der Waals surface area contributed by atoms with Gasteiger partial charge in [-0.1, -0.05) is 41.5 Å². The van der Waals surface area contributed by atoms with E-state index in [1.807, 2.05) is 24.3 Å². The van der Waals surface area contributed by atoms with E-state index >= 15 is 0 Å². The Hall–Kier alpha value is -3.11. The van der Waals surface area contributed by atoms with Crippen LogP contribution in [-0.2, 0) is 0 Å². The highest BCUT2D eigenvalue weighted by Gasteiger charge is 2.40. The molecule has 4 aromatic rings. The molecule has 2 heterocycles. The fraction of sp³-hybridized carbons (Fsp3) is 0.400. The molecule has 0 unspecified atom stereocenters. The van der Waals surface area contributed by atoms with Gasteiger partial charge in [0.1, 0.15) is 22.7 Å². The molecule has 8 heteroatoms. The molecule has 6 nitrogen and oxygen atoms in total. The highest BCUT2D eigenvalue weighted by atomic mass is 28.4. The van der Waals surface area contributed by atoms with Crippen LogP contribution >= 0.6 is 0 Å². The van der Waals surface area contributed by atoms with Gasteiger partial charge < -0.3 is 17.7 Å². The average molecular weight is 549 g/mol. The van der Waals surface area contributed by atoms with E-state index in [0.29, 0.717) is 22.7 Å². The molecule has 200 valence electrons. The second-order valence-electron chi connectivity index (χ2n) is 13.3. The van der Waals surface area contributed by atoms with E-state index in [-0.39, 0.29) is 20.5 Å². The lowest BCUT2D eigenvalue weighted by Crippen LogP contribution is -2.43. The topological polar surface area (TPSA) is 78.9 Å². The molecule has 0 amide bonds. The molecule has 0 aliphatic heterocycles. The zero-order valence-corrected chi connectivity index (χ0v) is 25.9. The highest BCUT2D eigenvalue weighted by molar-refractivity contribution is 6.75. The number of benzene rings is 2. The SMILES string of the molecule is CC(C)(C)[Si](C)(C)Oc1ccc2c3c(c(=O)oc2c1)=c1c(=O)oc2cc(O[Si](C)(C)C(C)(C)C)ccc2c1=3. The Bertz CT molecular complexity index is 1800. The van der Waals surface area contributed by atoms with Crippen LogP contribution in [0.25, 0.3) is 21.9 Å². The summed E-state index contributed by atoms with van der Waals surface area (Å²) in [4.78, 5) is 26.0. The van der Waals surface area contributed by atoms with E-state index < -0.39 is 27.9 Å². The van der Waals surface area contributed by atoms with Gasteiger partial charge in [-0.15, -0.1) is 0 Å². The lowest BCUT2D eigenvalue weighted by Gasteiger charge is -2.36. The minimum atomic E-state index is -2.08. The number of hydrogen-bond donors (Lipinski definition) is 0. The number of fused-ring (bicyclic) bond motifs is 6. The van der Waals surface area contributed by atoms with Crippen LogP contribution in [0, 0.1) is 20.9 Å². The molecule has 0 atom stereocenters. The molecule has 1 aliphatic rings. The molecule has 0 bridgehead atoms. The van der Waals surface area contributed by atoms with Crippen molar-refractivity contribution in [3.8, 4) is 11.5 Å². The maximum Gasteiger partial charge on any atom is 0.345 e. The second-order valence-corrected chi connectivity index (χ2v) is 22.8. The molecule has 0 saturated heterocycles. The Morgan fingerprint density at radius 2 is 0.921 bits per heavy atom. The van der Waals surface area contributed by atoms with E-state index in [1.165, 1.54) is 0 Å². The first-order valence-corrected chi connectivity index (χ1v) is 18.8. The number of hydrogen-bond acceptors (Lipinski definition) is 6. The monoisotopic (exact) mass is 548 g/mol. The zero-order valence-electron chi connectivity index (χ0n) is 23.9. The van der Waals surface area contributed by atoms with Gasteiger partial charge >= 0.3 is 11.3 Å². The van der Waals surface area contributed by atoms with Crippen LogP contribution in [0.15, 0.2) is 54.8 Å². The Labute approximate surface area is 223 Å². The third-order valence-electron chi connectivity index (χ3n) is 8.62. The van der Waals surface area contributed by atoms with Crippen molar-refractivity contribution in [1.82, 2.24) is 0 Å². The predicted molar refractivity (Wildman–Crippen MR) is 156 cm³/mol. The predicted octanol–water partition coefficient (Wildman–Crippen LogP) is 7.55. The van der Waals surface area contributed by atoms with E-state index in [4.69, 9.17) is 17.7 Å². The summed E-state index contributed by atoms with van der Waals surface area (Å²) >= 11 is 0. The molecule has 0 fully saturated rings. The van der Waals surface area contributed by atoms with Gasteiger partial charge in [-0.25, -0.2) is 9.59 Å². The molecule has 0 radical (unpaired) electrons. The Balaban J connectivity index is 1.72. The van der Waals surface area contributed by atoms with Crippen molar-refractivity contribution in [2.45, 2.75) is 77.8 Å². The lowest BCUT2D eigenvalue weighted by molar-refractivity contribution is 0.488. The fourth-order valence-corrected chi connectivity index (χ4v) is 6.34. The molecule has 2 aromatic heterocycles. The molecule has 2 aromatic carbocycles. The van der Waals surface area contributed by atoms with Gasteiger partial charge in [-0.05, 0) is 60.5 Å². The summed E-state index contributed by atoms with van der Waals surface area (Å²) in [5.41, 5.74) is -0.215. The first-order chi connectivity index (χ1) is 17.4. The van der Waals surface area contributed by atoms with Gasteiger partial charge in [0.05, 0.1) is 10.4 Å². The molecule has 0 spiro atoms. The third-order valence-corrected chi connectivity index (χ3v) is 17.3. The van der Waals surface area contributed by atoms with Crippen LogP contribution in [-0.4, -0.2) is 16.6 Å². The zero-order chi connectivity index (χ0) is 28.0. The maximum atomic E-state index is 13.0. The van der Waals surface area contributed by atoms with E-state index in [0.717, 1.165) is 21.2 Å². The van der Waals surface area contributed by atoms with Crippen molar-refractivity contribution < 1.29 is 17.7 Å². The quantitative estimate of drug-likeness (QED) is 0.170. The third kappa shape index (κ3) is 4.05. The van der Waals surface area contributed by atoms with Crippen molar-refractivity contribution >= 4 is 38.6 Å². The lowest BCUT2D eigenvalue weighted by atomic mass is 9.98. The largest absolute Gasteiger partial charge is 0.543 e. The molecule has 38 heavy (non-hydrogen) atoms. The number of rotatable bonds is 4. The fourth-order valence-electron chi connectivity index (χ4n) is 4.30. The van der Waals surface area contributed by atoms with Gasteiger partial charge in [-0.2, -0.15) is 0 Å². The van der Waals surface area contributed by atoms with Crippen molar-refractivity contribution in [1.29, 1.82) is 0 Å². The summed E-state index contributed by atoms with van der Waals surface area (Å²) in [5, 5.41) is 3.60. The van der Waals surface area contributed by atoms with Crippen LogP contribution < -0.4 is 20.1 Å². The Kier molecular flexibility index (Phi) is 5.72. The van der Waals surface area contributed by atoms with Gasteiger partial charge in [0.2, 0.25) is 16.6 Å². The van der Waals surface area contributed by atoms with Gasteiger partial charge in [-0.3, -0.25) is 0 Å². The molecule has 1 aliphatic carbocycles. The van der Waals surface area contributed by atoms with Crippen LogP contribution in [0.3, 0.4) is 0 Å². The highest BCUT2D eigenvalue weighted by Crippen LogP contribution is 2.39. The average Bonchev–Trinajstić information content (AvgIpc) is 2.73. The van der Waals surface area contributed by atoms with Crippen LogP contribution in [0.5, 0.6) is 11.5 Å². The second kappa shape index (κ2) is 8.20. The maximum absolute atomic E-state index is 13.0. The first kappa shape index (κ1) is 26.5. The Morgan fingerprint density at radius 3 is 1.24 bits per heavy atom. The smallest absolute Gasteiger partial charge is 0.345 e. The first-order valence-electron chi connectivity index (χ1n) is 13.0. The molecule has 5 rings (SSSR count). The normalized spacial score (nSPS) is 13.7. The van der Waals surface area contributed by atoms with E-state index in [1.54, 1.807) is 12.1 Å². The summed E-state index contributed by atoms with van der Waals surface area (Å²) in [7, 11) is -4.15. The molecule has 0 N–H and O–H groups in total. The van der Waals surface area contributed by atoms with Crippen molar-refractivity contribution in [2.75, 3.05) is 0 Å².